The molecule has 2 aromatic rings. The van der Waals surface area contributed by atoms with Crippen LogP contribution in [0, 0.1) is 10.1 Å². The van der Waals surface area contributed by atoms with Crippen LogP contribution in [0.15, 0.2) is 22.6 Å². The molecule has 25 heavy (non-hydrogen) atoms. The number of aromatic nitrogens is 1. The van der Waals surface area contributed by atoms with Crippen molar-refractivity contribution in [2.75, 3.05) is 12.0 Å². The molecule has 0 saturated heterocycles. The molecule has 0 saturated carbocycles. The second-order valence-electron chi connectivity index (χ2n) is 4.58. The zero-order valence-electron chi connectivity index (χ0n) is 12.9. The number of nitro benzene ring substituents is 1. The van der Waals surface area contributed by atoms with Crippen molar-refractivity contribution in [3.8, 4) is 0 Å². The van der Waals surface area contributed by atoms with Gasteiger partial charge in [-0.1, -0.05) is 23.2 Å². The molecule has 11 heteroatoms. The number of anilines is 1. The summed E-state index contributed by atoms with van der Waals surface area (Å²) in [6, 6.07) is 2.51. The van der Waals surface area contributed by atoms with Gasteiger partial charge in [0.1, 0.15) is 0 Å². The number of nitro groups is 1. The van der Waals surface area contributed by atoms with Crippen molar-refractivity contribution in [2.45, 2.75) is 13.3 Å². The second kappa shape index (κ2) is 8.75. The van der Waals surface area contributed by atoms with Crippen molar-refractivity contribution in [1.29, 1.82) is 0 Å². The minimum absolute atomic E-state index is 0.0635. The summed E-state index contributed by atoms with van der Waals surface area (Å²) >= 11 is 12.9. The molecule has 0 radical (unpaired) electrons. The molecule has 0 unspecified atom stereocenters. The van der Waals surface area contributed by atoms with Gasteiger partial charge in [0.15, 0.2) is 0 Å². The number of carbonyl (C=O) groups excluding carboxylic acids is 1. The highest BCUT2D eigenvalue weighted by Gasteiger charge is 2.15. The van der Waals surface area contributed by atoms with Crippen LogP contribution in [0.5, 0.6) is 0 Å². The Labute approximate surface area is 156 Å². The van der Waals surface area contributed by atoms with E-state index in [1.165, 1.54) is 23.6 Å². The first-order chi connectivity index (χ1) is 11.9. The van der Waals surface area contributed by atoms with Crippen molar-refractivity contribution >= 4 is 57.5 Å². The minimum Gasteiger partial charge on any atom is -0.466 e. The van der Waals surface area contributed by atoms with Gasteiger partial charge in [-0.3, -0.25) is 20.3 Å². The van der Waals surface area contributed by atoms with E-state index in [9.17, 15) is 14.9 Å². The van der Waals surface area contributed by atoms with E-state index >= 15 is 0 Å². The van der Waals surface area contributed by atoms with E-state index in [0.29, 0.717) is 17.4 Å². The molecule has 1 aromatic carbocycles. The molecule has 1 heterocycles. The van der Waals surface area contributed by atoms with E-state index in [1.807, 2.05) is 0 Å². The predicted molar refractivity (Wildman–Crippen MR) is 96.8 cm³/mol. The third-order valence-electron chi connectivity index (χ3n) is 2.81. The van der Waals surface area contributed by atoms with E-state index in [0.717, 1.165) is 6.07 Å². The molecule has 1 aromatic heterocycles. The van der Waals surface area contributed by atoms with Gasteiger partial charge in [-0.25, -0.2) is 4.98 Å². The Kier molecular flexibility index (Phi) is 6.68. The van der Waals surface area contributed by atoms with Gasteiger partial charge in [-0.05, 0) is 13.0 Å². The third-order valence-corrected chi connectivity index (χ3v) is 4.33. The molecule has 0 aliphatic rings. The SMILES string of the molecule is CCOC(=O)Cc1csc(NN=Cc2cc(Cl)c(Cl)cc2[N+](=O)[O-])n1. The lowest BCUT2D eigenvalue weighted by Gasteiger charge is -2.00. The van der Waals surface area contributed by atoms with Gasteiger partial charge < -0.3 is 4.74 Å². The summed E-state index contributed by atoms with van der Waals surface area (Å²) in [6.45, 7) is 2.03. The predicted octanol–water partition coefficient (Wildman–Crippen LogP) is 3.91. The topological polar surface area (TPSA) is 107 Å². The fourth-order valence-corrected chi connectivity index (χ4v) is 2.76. The number of carbonyl (C=O) groups is 1. The van der Waals surface area contributed by atoms with Crippen LogP contribution < -0.4 is 5.43 Å². The molecule has 2 rings (SSSR count). The van der Waals surface area contributed by atoms with Crippen LogP contribution in [0.2, 0.25) is 10.0 Å². The zero-order chi connectivity index (χ0) is 18.4. The fraction of sp³-hybridized carbons (Fsp3) is 0.214. The van der Waals surface area contributed by atoms with Gasteiger partial charge in [0.05, 0.1) is 45.5 Å². The Morgan fingerprint density at radius 2 is 2.20 bits per heavy atom. The fourth-order valence-electron chi connectivity index (χ4n) is 1.77. The van der Waals surface area contributed by atoms with Crippen molar-refractivity contribution < 1.29 is 14.5 Å². The van der Waals surface area contributed by atoms with Gasteiger partial charge in [-0.2, -0.15) is 5.10 Å². The maximum absolute atomic E-state index is 11.4. The Morgan fingerprint density at radius 1 is 1.48 bits per heavy atom. The average Bonchev–Trinajstić information content (AvgIpc) is 2.97. The summed E-state index contributed by atoms with van der Waals surface area (Å²) in [6.07, 6.45) is 1.31. The number of esters is 1. The van der Waals surface area contributed by atoms with Gasteiger partial charge in [-0.15, -0.1) is 11.3 Å². The van der Waals surface area contributed by atoms with Gasteiger partial charge in [0.25, 0.3) is 5.69 Å². The normalized spacial score (nSPS) is 10.8. The standard InChI is InChI=1S/C14H12Cl2N4O4S/c1-2-24-13(21)4-9-7-25-14(18-9)19-17-6-8-3-10(15)11(16)5-12(8)20(22)23/h3,5-7H,2,4H2,1H3,(H,18,19). The van der Waals surface area contributed by atoms with Crippen LogP contribution in [0.3, 0.4) is 0 Å². The maximum atomic E-state index is 11.4. The maximum Gasteiger partial charge on any atom is 0.311 e. The molecule has 0 spiro atoms. The molecular weight excluding hydrogens is 391 g/mol. The smallest absolute Gasteiger partial charge is 0.311 e. The lowest BCUT2D eigenvalue weighted by Crippen LogP contribution is -2.07. The molecular formula is C14H12Cl2N4O4S. The molecule has 0 aliphatic carbocycles. The number of halogens is 2. The number of hydrogen-bond acceptors (Lipinski definition) is 8. The molecule has 8 nitrogen and oxygen atoms in total. The lowest BCUT2D eigenvalue weighted by atomic mass is 10.2. The first kappa shape index (κ1) is 19.1. The largest absolute Gasteiger partial charge is 0.466 e. The number of hydrogen-bond donors (Lipinski definition) is 1. The Morgan fingerprint density at radius 3 is 2.88 bits per heavy atom. The van der Waals surface area contributed by atoms with E-state index in [1.54, 1.807) is 12.3 Å². The van der Waals surface area contributed by atoms with E-state index in [-0.39, 0.29) is 33.7 Å². The van der Waals surface area contributed by atoms with E-state index in [2.05, 4.69) is 15.5 Å². The summed E-state index contributed by atoms with van der Waals surface area (Å²) in [7, 11) is 0. The molecule has 132 valence electrons. The summed E-state index contributed by atoms with van der Waals surface area (Å²) in [4.78, 5) is 26.0. The first-order valence-electron chi connectivity index (χ1n) is 6.93. The quantitative estimate of drug-likeness (QED) is 0.325. The van der Waals surface area contributed by atoms with Crippen molar-refractivity contribution in [3.05, 3.63) is 48.9 Å². The number of nitrogens with zero attached hydrogens (tertiary/aromatic N) is 3. The molecule has 0 atom stereocenters. The van der Waals surface area contributed by atoms with Crippen molar-refractivity contribution in [2.24, 2.45) is 5.10 Å². The second-order valence-corrected chi connectivity index (χ2v) is 6.25. The van der Waals surface area contributed by atoms with Gasteiger partial charge in [0.2, 0.25) is 5.13 Å². The number of benzene rings is 1. The molecule has 0 amide bonds. The lowest BCUT2D eigenvalue weighted by molar-refractivity contribution is -0.385. The number of hydrazone groups is 1. The zero-order valence-corrected chi connectivity index (χ0v) is 15.2. The number of thiazole rings is 1. The average molecular weight is 403 g/mol. The van der Waals surface area contributed by atoms with Crippen LogP contribution in [0.4, 0.5) is 10.8 Å². The van der Waals surface area contributed by atoms with Crippen LogP contribution in [0.1, 0.15) is 18.2 Å². The Bertz CT molecular complexity index is 825. The highest BCUT2D eigenvalue weighted by atomic mass is 35.5. The number of rotatable bonds is 7. The summed E-state index contributed by atoms with van der Waals surface area (Å²) < 4.78 is 4.84. The van der Waals surface area contributed by atoms with Gasteiger partial charge >= 0.3 is 5.97 Å². The number of ether oxygens (including phenoxy) is 1. The Hall–Kier alpha value is -2.23. The van der Waals surface area contributed by atoms with Crippen molar-refractivity contribution in [1.82, 2.24) is 4.98 Å². The van der Waals surface area contributed by atoms with Crippen LogP contribution >= 0.6 is 34.5 Å². The van der Waals surface area contributed by atoms with E-state index < -0.39 is 4.92 Å². The Balaban J connectivity index is 2.07. The van der Waals surface area contributed by atoms with Gasteiger partial charge in [0, 0.05) is 11.4 Å². The van der Waals surface area contributed by atoms with Crippen molar-refractivity contribution in [3.63, 3.8) is 0 Å². The van der Waals surface area contributed by atoms with E-state index in [4.69, 9.17) is 27.9 Å². The molecule has 0 aliphatic heterocycles. The summed E-state index contributed by atoms with van der Waals surface area (Å²) in [5.74, 6) is -0.366. The number of nitrogens with one attached hydrogen (secondary N) is 1. The summed E-state index contributed by atoms with van der Waals surface area (Å²) in [5, 5.41) is 17.3. The van der Waals surface area contributed by atoms with Crippen LogP contribution in [-0.2, 0) is 16.0 Å². The highest BCUT2D eigenvalue weighted by Crippen LogP contribution is 2.29. The molecule has 1 N–H and O–H groups in total. The van der Waals surface area contributed by atoms with Crippen LogP contribution in [0.25, 0.3) is 0 Å². The molecule has 0 fully saturated rings. The minimum atomic E-state index is -0.579. The first-order valence-corrected chi connectivity index (χ1v) is 8.56. The monoisotopic (exact) mass is 402 g/mol. The van der Waals surface area contributed by atoms with Crippen LogP contribution in [-0.4, -0.2) is 28.7 Å². The molecule has 0 bridgehead atoms. The highest BCUT2D eigenvalue weighted by molar-refractivity contribution is 7.13. The third kappa shape index (κ3) is 5.38. The summed E-state index contributed by atoms with van der Waals surface area (Å²) in [5.41, 5.74) is 3.16.